The molecule has 1 rings (SSSR count). The zero-order valence-electron chi connectivity index (χ0n) is 9.34. The van der Waals surface area contributed by atoms with E-state index >= 15 is 0 Å². The van der Waals surface area contributed by atoms with Gasteiger partial charge in [0.15, 0.2) is 0 Å². The smallest absolute Gasteiger partial charge is 0.434 e. The Morgan fingerprint density at radius 2 is 1.82 bits per heavy atom. The third-order valence-corrected chi connectivity index (χ3v) is 1.79. The van der Waals surface area contributed by atoms with Crippen molar-refractivity contribution < 1.29 is 19.1 Å². The highest BCUT2D eigenvalue weighted by atomic mass is 35.5. The normalized spacial score (nSPS) is 9.00. The van der Waals surface area contributed by atoms with Crippen molar-refractivity contribution in [2.45, 2.75) is 13.3 Å². The van der Waals surface area contributed by atoms with E-state index in [1.165, 1.54) is 0 Å². The molecule has 0 aliphatic heterocycles. The maximum atomic E-state index is 11.2. The number of nitrogen functional groups attached to an aromatic ring is 1. The van der Waals surface area contributed by atoms with Crippen molar-refractivity contribution in [2.24, 2.45) is 0 Å². The minimum absolute atomic E-state index is 0. The third-order valence-electron chi connectivity index (χ3n) is 1.79. The number of rotatable bonds is 3. The van der Waals surface area contributed by atoms with E-state index in [2.05, 4.69) is 9.47 Å². The molecule has 6 heteroatoms. The SMILES string of the molecule is CCOC(=O)OC(=O)Cc1ccc(N)cc1.Cl. The molecule has 0 aliphatic carbocycles. The molecule has 1 aromatic rings. The number of hydrogen-bond acceptors (Lipinski definition) is 5. The minimum Gasteiger partial charge on any atom is -0.434 e. The molecule has 0 aromatic heterocycles. The second-order valence-electron chi connectivity index (χ2n) is 3.08. The standard InChI is InChI=1S/C11H13NO4.ClH/c1-2-15-11(14)16-10(13)7-8-3-5-9(12)6-4-8;/h3-6H,2,7,12H2,1H3;1H. The van der Waals surface area contributed by atoms with Crippen LogP contribution in [0.15, 0.2) is 24.3 Å². The molecule has 0 saturated carbocycles. The van der Waals surface area contributed by atoms with Crippen molar-refractivity contribution in [2.75, 3.05) is 12.3 Å². The lowest BCUT2D eigenvalue weighted by Gasteiger charge is -2.03. The fourth-order valence-corrected chi connectivity index (χ4v) is 1.08. The number of carbonyl (C=O) groups is 2. The summed E-state index contributed by atoms with van der Waals surface area (Å²) in [6.07, 6.45) is -0.957. The van der Waals surface area contributed by atoms with Crippen molar-refractivity contribution in [3.63, 3.8) is 0 Å². The molecular formula is C11H14ClNO4. The van der Waals surface area contributed by atoms with Crippen LogP contribution in [0.4, 0.5) is 10.5 Å². The van der Waals surface area contributed by atoms with E-state index in [-0.39, 0.29) is 25.4 Å². The zero-order chi connectivity index (χ0) is 12.0. The Bertz CT molecular complexity index is 378. The Balaban J connectivity index is 0.00000256. The van der Waals surface area contributed by atoms with Gasteiger partial charge in [-0.25, -0.2) is 4.79 Å². The summed E-state index contributed by atoms with van der Waals surface area (Å²) in [4.78, 5) is 22.0. The number of benzene rings is 1. The summed E-state index contributed by atoms with van der Waals surface area (Å²) in [6.45, 7) is 1.81. The van der Waals surface area contributed by atoms with Crippen molar-refractivity contribution in [3.05, 3.63) is 29.8 Å². The highest BCUT2D eigenvalue weighted by molar-refractivity contribution is 5.85. The summed E-state index contributed by atoms with van der Waals surface area (Å²) in [5.74, 6) is -0.650. The van der Waals surface area contributed by atoms with E-state index in [0.29, 0.717) is 5.69 Å². The number of hydrogen-bond donors (Lipinski definition) is 1. The molecule has 0 unspecified atom stereocenters. The van der Waals surface area contributed by atoms with Gasteiger partial charge in [-0.1, -0.05) is 12.1 Å². The first-order chi connectivity index (χ1) is 7.61. The average molecular weight is 260 g/mol. The van der Waals surface area contributed by atoms with E-state index in [9.17, 15) is 9.59 Å². The molecule has 2 N–H and O–H groups in total. The van der Waals surface area contributed by atoms with Crippen LogP contribution in [0.25, 0.3) is 0 Å². The first-order valence-corrected chi connectivity index (χ1v) is 4.83. The topological polar surface area (TPSA) is 78.6 Å². The average Bonchev–Trinajstić information content (AvgIpc) is 2.21. The van der Waals surface area contributed by atoms with Gasteiger partial charge in [0.1, 0.15) is 0 Å². The molecule has 0 saturated heterocycles. The number of nitrogens with two attached hydrogens (primary N) is 1. The molecule has 0 aliphatic rings. The number of halogens is 1. The number of anilines is 1. The summed E-state index contributed by atoms with van der Waals surface area (Å²) in [6, 6.07) is 6.74. The van der Waals surface area contributed by atoms with E-state index in [0.717, 1.165) is 5.56 Å². The molecule has 1 aromatic carbocycles. The van der Waals surface area contributed by atoms with Crippen molar-refractivity contribution in [1.82, 2.24) is 0 Å². The lowest BCUT2D eigenvalue weighted by molar-refractivity contribution is -0.138. The molecule has 0 spiro atoms. The van der Waals surface area contributed by atoms with Crippen LogP contribution in [0.5, 0.6) is 0 Å². The third kappa shape index (κ3) is 5.77. The summed E-state index contributed by atoms with van der Waals surface area (Å²) >= 11 is 0. The lowest BCUT2D eigenvalue weighted by Crippen LogP contribution is -2.15. The summed E-state index contributed by atoms with van der Waals surface area (Å²) in [5, 5.41) is 0. The van der Waals surface area contributed by atoms with Gasteiger partial charge >= 0.3 is 12.1 Å². The van der Waals surface area contributed by atoms with Crippen LogP contribution in [-0.4, -0.2) is 18.7 Å². The van der Waals surface area contributed by atoms with Crippen LogP contribution in [0.3, 0.4) is 0 Å². The van der Waals surface area contributed by atoms with Crippen LogP contribution in [0.2, 0.25) is 0 Å². The molecule has 0 heterocycles. The van der Waals surface area contributed by atoms with Gasteiger partial charge in [-0.2, -0.15) is 0 Å². The predicted octanol–water partition coefficient (Wildman–Crippen LogP) is 1.93. The van der Waals surface area contributed by atoms with Gasteiger partial charge in [-0.05, 0) is 24.6 Å². The minimum atomic E-state index is -0.969. The van der Waals surface area contributed by atoms with Gasteiger partial charge in [0.2, 0.25) is 0 Å². The zero-order valence-corrected chi connectivity index (χ0v) is 10.2. The Hall–Kier alpha value is -1.75. The molecule has 0 bridgehead atoms. The van der Waals surface area contributed by atoms with Crippen LogP contribution in [0.1, 0.15) is 12.5 Å². The molecule has 94 valence electrons. The Morgan fingerprint density at radius 3 is 2.35 bits per heavy atom. The van der Waals surface area contributed by atoms with Gasteiger partial charge in [0.25, 0.3) is 0 Å². The highest BCUT2D eigenvalue weighted by Gasteiger charge is 2.11. The first-order valence-electron chi connectivity index (χ1n) is 4.83. The predicted molar refractivity (Wildman–Crippen MR) is 64.9 cm³/mol. The molecule has 0 amide bonds. The van der Waals surface area contributed by atoms with E-state index < -0.39 is 12.1 Å². The summed E-state index contributed by atoms with van der Waals surface area (Å²) in [7, 11) is 0. The molecule has 17 heavy (non-hydrogen) atoms. The Kier molecular flexibility index (Phi) is 6.74. The van der Waals surface area contributed by atoms with E-state index in [4.69, 9.17) is 5.73 Å². The second-order valence-corrected chi connectivity index (χ2v) is 3.08. The van der Waals surface area contributed by atoms with Crippen LogP contribution in [-0.2, 0) is 20.7 Å². The van der Waals surface area contributed by atoms with Crippen LogP contribution < -0.4 is 5.73 Å². The Morgan fingerprint density at radius 1 is 1.24 bits per heavy atom. The lowest BCUT2D eigenvalue weighted by atomic mass is 10.1. The first kappa shape index (κ1) is 15.2. The molecule has 0 radical (unpaired) electrons. The van der Waals surface area contributed by atoms with Crippen molar-refractivity contribution >= 4 is 30.2 Å². The largest absolute Gasteiger partial charge is 0.516 e. The number of esters is 1. The molecule has 0 fully saturated rings. The van der Waals surface area contributed by atoms with Crippen molar-refractivity contribution in [3.8, 4) is 0 Å². The van der Waals surface area contributed by atoms with Gasteiger partial charge in [0, 0.05) is 5.69 Å². The molecule has 0 atom stereocenters. The quantitative estimate of drug-likeness (QED) is 0.510. The van der Waals surface area contributed by atoms with E-state index in [1.54, 1.807) is 31.2 Å². The fourth-order valence-electron chi connectivity index (χ4n) is 1.08. The molecular weight excluding hydrogens is 246 g/mol. The maximum absolute atomic E-state index is 11.2. The Labute approximate surface area is 105 Å². The van der Waals surface area contributed by atoms with Crippen molar-refractivity contribution in [1.29, 1.82) is 0 Å². The highest BCUT2D eigenvalue weighted by Crippen LogP contribution is 2.06. The van der Waals surface area contributed by atoms with Gasteiger partial charge in [-0.15, -0.1) is 12.4 Å². The second kappa shape index (κ2) is 7.51. The van der Waals surface area contributed by atoms with Gasteiger partial charge < -0.3 is 15.2 Å². The van der Waals surface area contributed by atoms with Crippen LogP contribution in [0, 0.1) is 0 Å². The van der Waals surface area contributed by atoms with E-state index in [1.807, 2.05) is 0 Å². The van der Waals surface area contributed by atoms with Gasteiger partial charge in [0.05, 0.1) is 13.0 Å². The summed E-state index contributed by atoms with van der Waals surface area (Å²) in [5.41, 5.74) is 6.83. The summed E-state index contributed by atoms with van der Waals surface area (Å²) < 4.78 is 8.86. The van der Waals surface area contributed by atoms with Gasteiger partial charge in [-0.3, -0.25) is 4.79 Å². The number of ether oxygens (including phenoxy) is 2. The maximum Gasteiger partial charge on any atom is 0.516 e. The number of carbonyl (C=O) groups excluding carboxylic acids is 2. The van der Waals surface area contributed by atoms with Crippen LogP contribution >= 0.6 is 12.4 Å². The fraction of sp³-hybridized carbons (Fsp3) is 0.273. The monoisotopic (exact) mass is 259 g/mol. The molecule has 5 nitrogen and oxygen atoms in total.